The number of hydrazine groups is 1. The van der Waals surface area contributed by atoms with E-state index in [1.807, 2.05) is 45.9 Å². The van der Waals surface area contributed by atoms with Gasteiger partial charge in [0.2, 0.25) is 5.95 Å². The van der Waals surface area contributed by atoms with Crippen molar-refractivity contribution in [1.29, 1.82) is 0 Å². The van der Waals surface area contributed by atoms with Crippen LogP contribution in [0.4, 0.5) is 5.95 Å². The van der Waals surface area contributed by atoms with Gasteiger partial charge in [-0.2, -0.15) is 0 Å². The highest BCUT2D eigenvalue weighted by atomic mass is 16.7. The third-order valence-corrected chi connectivity index (χ3v) is 7.14. The fourth-order valence-electron chi connectivity index (χ4n) is 4.83. The van der Waals surface area contributed by atoms with Crippen LogP contribution in [-0.4, -0.2) is 25.3 Å². The van der Waals surface area contributed by atoms with Gasteiger partial charge in [0.25, 0.3) is 0 Å². The highest BCUT2D eigenvalue weighted by Crippen LogP contribution is 2.38. The molecular formula is C48H48N10O4. The molecule has 0 aliphatic heterocycles. The van der Waals surface area contributed by atoms with Gasteiger partial charge in [-0.05, 0) is 160 Å². The van der Waals surface area contributed by atoms with Crippen LogP contribution in [0.5, 0.6) is 0 Å². The zero-order chi connectivity index (χ0) is 44.8. The van der Waals surface area contributed by atoms with E-state index in [2.05, 4.69) is 191 Å². The van der Waals surface area contributed by atoms with Gasteiger partial charge >= 0.3 is 0 Å². The smallest absolute Gasteiger partial charge is 0.201 e. The molecule has 5 rings (SSSR count). The number of nitro groups is 1. The van der Waals surface area contributed by atoms with Crippen LogP contribution in [0.15, 0.2) is 62.0 Å². The number of imidazole rings is 1. The van der Waals surface area contributed by atoms with E-state index in [0.717, 1.165) is 56.2 Å². The number of nitrogens with two attached hydrogens (primary N) is 1. The predicted octanol–water partition coefficient (Wildman–Crippen LogP) is 7.76. The predicted molar refractivity (Wildman–Crippen MR) is 253 cm³/mol. The number of hydrogen-bond acceptors (Lipinski definition) is 10. The van der Waals surface area contributed by atoms with Crippen molar-refractivity contribution >= 4 is 17.0 Å². The van der Waals surface area contributed by atoms with Gasteiger partial charge in [0.15, 0.2) is 5.22 Å². The normalized spacial score (nSPS) is 8.23. The Morgan fingerprint density at radius 2 is 1.16 bits per heavy atom. The summed E-state index contributed by atoms with van der Waals surface area (Å²) < 4.78 is 10.9. The Kier molecular flexibility index (Phi) is 19.9. The van der Waals surface area contributed by atoms with Crippen molar-refractivity contribution < 1.29 is 25.5 Å². The van der Waals surface area contributed by atoms with E-state index in [9.17, 15) is 10.1 Å². The summed E-state index contributed by atoms with van der Waals surface area (Å²) in [6.07, 6.45) is 0. The molecule has 62 heavy (non-hydrogen) atoms. The number of aromatic nitrogens is 4. The molecule has 0 atom stereocenters. The molecule has 0 aliphatic rings. The van der Waals surface area contributed by atoms with Gasteiger partial charge < -0.3 is 29.5 Å². The molecule has 0 radical (unpaired) electrons. The molecule has 14 nitrogen and oxygen atoms in total. The second kappa shape index (κ2) is 26.7. The number of hydrogen-bond donors (Lipinski definition) is 4. The van der Waals surface area contributed by atoms with Crippen LogP contribution in [0, 0.1) is 168 Å². The first-order valence-corrected chi connectivity index (χ1v) is 17.7. The number of aromatic amines is 1. The van der Waals surface area contributed by atoms with Gasteiger partial charge in [0.05, 0.1) is 32.7 Å². The number of aryl methyl sites for hydroxylation is 4. The third kappa shape index (κ3) is 16.2. The Hall–Kier alpha value is -10.1. The number of fused-ring (bicyclic) bond motifs is 1. The first-order chi connectivity index (χ1) is 30.2. The van der Waals surface area contributed by atoms with E-state index in [1.54, 1.807) is 13.8 Å². The maximum absolute atomic E-state index is 9.24. The van der Waals surface area contributed by atoms with Crippen molar-refractivity contribution in [3.05, 3.63) is 81.1 Å². The number of H-pyrrole nitrogens is 1. The molecule has 0 saturated heterocycles. The molecule has 0 unspecified atom stereocenters. The van der Waals surface area contributed by atoms with Gasteiger partial charge in [0.1, 0.15) is 11.5 Å². The lowest BCUT2D eigenvalue weighted by atomic mass is 9.96. The lowest BCUT2D eigenvalue weighted by molar-refractivity contribution is -0.546. The molecule has 0 saturated carbocycles. The summed E-state index contributed by atoms with van der Waals surface area (Å²) in [5, 5.41) is 25.2. The lowest BCUT2D eigenvalue weighted by Crippen LogP contribution is -2.13. The number of nitrogens with one attached hydrogen (secondary N) is 3. The van der Waals surface area contributed by atoms with E-state index in [1.165, 1.54) is 11.1 Å². The van der Waals surface area contributed by atoms with Crippen LogP contribution in [0.1, 0.15) is 53.7 Å². The molecule has 3 heterocycles. The standard InChI is InChI=1S/C24H23N5O2.C24H6.H3N5O2.8H2/c1-13-21(15(3)30-28-13)18-10-19(22-14(2)29-31-16(22)4)23-20(11-18)26-24(27-23)25-12-17-8-6-5-7-9-17;1-3-5-7-9-11-13-15-17-19-21-23-24-22-20-18-16-14-12-10-8-6-4-2;1-2-3-4-5(6)7;;;;;;;;/h5-11H,12H2,1-4H3,(H2,25,26,27);1-2H3;(H2,1,3)(H,2,4);8*1H. The minimum atomic E-state index is -0.879. The Labute approximate surface area is 371 Å². The summed E-state index contributed by atoms with van der Waals surface area (Å²) in [6, 6.07) is 14.4. The summed E-state index contributed by atoms with van der Waals surface area (Å²) in [5.74, 6) is 62.2. The molecule has 0 bridgehead atoms. The minimum Gasteiger partial charge on any atom is -0.361 e. The Morgan fingerprint density at radius 3 is 1.55 bits per heavy atom. The molecule has 5 aromatic rings. The summed E-state index contributed by atoms with van der Waals surface area (Å²) >= 11 is 0. The SMILES string of the molecule is CC#CC#CC#CC#CC#CC#CC#CC#CC#CC#CC#CC.Cc1noc(C)c1-c1cc(-c2c(C)noc2C)c2nc(NCc3ccccc3)[nH]c2c1.NN=NN[N+](=O)[O-].[HH].[HH].[HH].[HH].[HH].[HH].[HH].[HH]. The molecule has 3 aromatic heterocycles. The monoisotopic (exact) mass is 828 g/mol. The summed E-state index contributed by atoms with van der Waals surface area (Å²) in [4.78, 5) is 17.5. The molecular weight excluding hydrogens is 781 g/mol. The van der Waals surface area contributed by atoms with Crippen molar-refractivity contribution in [3.8, 4) is 153 Å². The van der Waals surface area contributed by atoms with Crippen molar-refractivity contribution in [2.75, 3.05) is 5.32 Å². The second-order valence-corrected chi connectivity index (χ2v) is 11.3. The average molecular weight is 829 g/mol. The van der Waals surface area contributed by atoms with E-state index in [4.69, 9.17) is 14.0 Å². The highest BCUT2D eigenvalue weighted by molar-refractivity contribution is 5.98. The van der Waals surface area contributed by atoms with Crippen molar-refractivity contribution in [2.24, 2.45) is 16.3 Å². The number of rotatable bonds is 7. The van der Waals surface area contributed by atoms with Gasteiger partial charge in [-0.1, -0.05) is 52.5 Å². The fourth-order valence-corrected chi connectivity index (χ4v) is 4.83. The molecule has 2 aromatic carbocycles. The first kappa shape index (κ1) is 46.3. The average Bonchev–Trinajstić information content (AvgIpc) is 3.96. The quantitative estimate of drug-likeness (QED) is 0.0414. The van der Waals surface area contributed by atoms with Crippen molar-refractivity contribution in [2.45, 2.75) is 48.1 Å². The molecule has 314 valence electrons. The summed E-state index contributed by atoms with van der Waals surface area (Å²) in [6.45, 7) is 11.8. The zero-order valence-electron chi connectivity index (χ0n) is 34.1. The number of benzene rings is 2. The molecule has 14 heteroatoms. The van der Waals surface area contributed by atoms with Gasteiger partial charge in [0, 0.05) is 63.9 Å². The summed E-state index contributed by atoms with van der Waals surface area (Å²) in [7, 11) is 0. The third-order valence-electron chi connectivity index (χ3n) is 7.14. The Balaban J connectivity index is -0.000000239. The maximum Gasteiger partial charge on any atom is 0.201 e. The van der Waals surface area contributed by atoms with Crippen LogP contribution < -0.4 is 16.7 Å². The van der Waals surface area contributed by atoms with Crippen LogP contribution in [-0.2, 0) is 6.54 Å². The Bertz CT molecular complexity index is 3090. The van der Waals surface area contributed by atoms with Gasteiger partial charge in [-0.25, -0.2) is 4.98 Å². The van der Waals surface area contributed by atoms with Gasteiger partial charge in [-0.15, -0.1) is 0 Å². The van der Waals surface area contributed by atoms with Crippen LogP contribution in [0.2, 0.25) is 0 Å². The molecule has 0 amide bonds. The maximum atomic E-state index is 9.24. The van der Waals surface area contributed by atoms with Crippen molar-refractivity contribution in [1.82, 2.24) is 25.8 Å². The number of nitrogens with zero attached hydrogens (tertiary/aromatic N) is 6. The largest absolute Gasteiger partial charge is 0.361 e. The van der Waals surface area contributed by atoms with Crippen LogP contribution in [0.25, 0.3) is 33.3 Å². The van der Waals surface area contributed by atoms with E-state index in [-0.39, 0.29) is 11.4 Å². The molecule has 5 N–H and O–H groups in total. The number of anilines is 1. The van der Waals surface area contributed by atoms with E-state index >= 15 is 0 Å². The van der Waals surface area contributed by atoms with Crippen LogP contribution in [0.3, 0.4) is 0 Å². The van der Waals surface area contributed by atoms with E-state index in [0.29, 0.717) is 12.5 Å². The lowest BCUT2D eigenvalue weighted by Gasteiger charge is -2.07. The Morgan fingerprint density at radius 1 is 0.710 bits per heavy atom. The van der Waals surface area contributed by atoms with Crippen molar-refractivity contribution in [3.63, 3.8) is 0 Å². The minimum absolute atomic E-state index is 0. The first-order valence-electron chi connectivity index (χ1n) is 17.7. The molecule has 0 spiro atoms. The van der Waals surface area contributed by atoms with Gasteiger partial charge in [-0.3, -0.25) is 5.84 Å². The molecule has 0 aliphatic carbocycles. The van der Waals surface area contributed by atoms with Crippen LogP contribution >= 0.6 is 0 Å². The fraction of sp³-hybridized carbons (Fsp3) is 0.146. The topological polar surface area (TPSA) is 199 Å². The van der Waals surface area contributed by atoms with E-state index < -0.39 is 5.03 Å². The highest BCUT2D eigenvalue weighted by Gasteiger charge is 2.21. The zero-order valence-corrected chi connectivity index (χ0v) is 34.1. The molecule has 0 fully saturated rings. The second-order valence-electron chi connectivity index (χ2n) is 11.3. The summed E-state index contributed by atoms with van der Waals surface area (Å²) in [5.41, 5.74) is 9.92.